The maximum absolute atomic E-state index is 11.0. The summed E-state index contributed by atoms with van der Waals surface area (Å²) in [7, 11) is 1.36. The van der Waals surface area contributed by atoms with Crippen LogP contribution in [-0.4, -0.2) is 13.1 Å². The zero-order valence-corrected chi connectivity index (χ0v) is 8.00. The van der Waals surface area contributed by atoms with Gasteiger partial charge in [-0.3, -0.25) is 0 Å². The van der Waals surface area contributed by atoms with Gasteiger partial charge in [0, 0.05) is 6.42 Å². The Balaban J connectivity index is 2.58. The van der Waals surface area contributed by atoms with E-state index in [0.717, 1.165) is 25.0 Å². The van der Waals surface area contributed by atoms with E-state index in [1.54, 1.807) is 6.07 Å². The molecule has 0 radical (unpaired) electrons. The molecule has 0 aromatic carbocycles. The molecule has 1 aromatic heterocycles. The number of hydrogen-bond acceptors (Lipinski definition) is 3. The first-order valence-corrected chi connectivity index (χ1v) is 4.43. The Morgan fingerprint density at radius 1 is 1.62 bits per heavy atom. The van der Waals surface area contributed by atoms with Gasteiger partial charge >= 0.3 is 5.97 Å². The van der Waals surface area contributed by atoms with Crippen LogP contribution in [0.3, 0.4) is 0 Å². The number of carbonyl (C=O) groups is 1. The third-order valence-electron chi connectivity index (χ3n) is 1.85. The van der Waals surface area contributed by atoms with Crippen LogP contribution in [0.15, 0.2) is 16.7 Å². The summed E-state index contributed by atoms with van der Waals surface area (Å²) in [6.45, 7) is 2.12. The molecule has 0 unspecified atom stereocenters. The fourth-order valence-electron chi connectivity index (χ4n) is 1.09. The van der Waals surface area contributed by atoms with Crippen molar-refractivity contribution in [3.63, 3.8) is 0 Å². The molecule has 13 heavy (non-hydrogen) atoms. The number of carbonyl (C=O) groups excluding carboxylic acids is 1. The predicted molar refractivity (Wildman–Crippen MR) is 48.7 cm³/mol. The van der Waals surface area contributed by atoms with E-state index in [2.05, 4.69) is 11.7 Å². The van der Waals surface area contributed by atoms with Gasteiger partial charge in [0.15, 0.2) is 0 Å². The number of ether oxygens (including phenoxy) is 1. The van der Waals surface area contributed by atoms with E-state index in [4.69, 9.17) is 4.42 Å². The highest BCUT2D eigenvalue weighted by atomic mass is 16.5. The van der Waals surface area contributed by atoms with Crippen LogP contribution < -0.4 is 0 Å². The second-order valence-corrected chi connectivity index (χ2v) is 2.90. The zero-order chi connectivity index (χ0) is 9.68. The molecule has 0 atom stereocenters. The van der Waals surface area contributed by atoms with Crippen molar-refractivity contribution in [2.24, 2.45) is 0 Å². The molecule has 0 saturated carbocycles. The van der Waals surface area contributed by atoms with Gasteiger partial charge in [-0.1, -0.05) is 13.3 Å². The van der Waals surface area contributed by atoms with Crippen LogP contribution in [-0.2, 0) is 11.2 Å². The molecule has 1 rings (SSSR count). The minimum Gasteiger partial charge on any atom is -0.468 e. The van der Waals surface area contributed by atoms with Crippen LogP contribution in [0.25, 0.3) is 0 Å². The van der Waals surface area contributed by atoms with Gasteiger partial charge in [0.25, 0.3) is 0 Å². The van der Waals surface area contributed by atoms with Gasteiger partial charge < -0.3 is 9.15 Å². The first kappa shape index (κ1) is 9.84. The average Bonchev–Trinajstić information content (AvgIpc) is 2.62. The third kappa shape index (κ3) is 2.61. The highest BCUT2D eigenvalue weighted by molar-refractivity contribution is 5.88. The Morgan fingerprint density at radius 3 is 3.00 bits per heavy atom. The van der Waals surface area contributed by atoms with Crippen molar-refractivity contribution in [2.45, 2.75) is 26.2 Å². The van der Waals surface area contributed by atoms with Crippen molar-refractivity contribution in [3.8, 4) is 0 Å². The zero-order valence-electron chi connectivity index (χ0n) is 8.00. The molecular formula is C10H14O3. The van der Waals surface area contributed by atoms with E-state index in [-0.39, 0.29) is 5.97 Å². The van der Waals surface area contributed by atoms with E-state index in [9.17, 15) is 4.79 Å². The van der Waals surface area contributed by atoms with Crippen LogP contribution in [0.5, 0.6) is 0 Å². The number of methoxy groups -OCH3 is 1. The lowest BCUT2D eigenvalue weighted by Crippen LogP contribution is -1.98. The molecule has 0 aliphatic rings. The number of unbranched alkanes of at least 4 members (excludes halogenated alkanes) is 1. The summed E-state index contributed by atoms with van der Waals surface area (Å²) in [5.74, 6) is 0.508. The molecule has 0 spiro atoms. The number of furan rings is 1. The minimum atomic E-state index is -0.341. The number of esters is 1. The van der Waals surface area contributed by atoms with Crippen LogP contribution in [0.4, 0.5) is 0 Å². The fraction of sp³-hybridized carbons (Fsp3) is 0.500. The van der Waals surface area contributed by atoms with Gasteiger partial charge in [-0.15, -0.1) is 0 Å². The SMILES string of the molecule is CCCCc1cc(C(=O)OC)co1. The summed E-state index contributed by atoms with van der Waals surface area (Å²) in [5.41, 5.74) is 0.494. The van der Waals surface area contributed by atoms with Crippen molar-refractivity contribution in [2.75, 3.05) is 7.11 Å². The van der Waals surface area contributed by atoms with Crippen molar-refractivity contribution >= 4 is 5.97 Å². The van der Waals surface area contributed by atoms with Crippen molar-refractivity contribution in [1.82, 2.24) is 0 Å². The first-order valence-electron chi connectivity index (χ1n) is 4.43. The summed E-state index contributed by atoms with van der Waals surface area (Å²) in [6.07, 6.45) is 4.52. The Labute approximate surface area is 77.7 Å². The van der Waals surface area contributed by atoms with Gasteiger partial charge in [-0.25, -0.2) is 4.79 Å². The largest absolute Gasteiger partial charge is 0.468 e. The molecule has 0 amide bonds. The second kappa shape index (κ2) is 4.70. The van der Waals surface area contributed by atoms with Gasteiger partial charge in [-0.05, 0) is 12.5 Å². The molecule has 3 heteroatoms. The van der Waals surface area contributed by atoms with E-state index in [1.807, 2.05) is 0 Å². The Hall–Kier alpha value is -1.25. The summed E-state index contributed by atoms with van der Waals surface area (Å²) in [6, 6.07) is 1.74. The maximum Gasteiger partial charge on any atom is 0.341 e. The predicted octanol–water partition coefficient (Wildman–Crippen LogP) is 2.41. The standard InChI is InChI=1S/C10H14O3/c1-3-4-5-9-6-8(7-13-9)10(11)12-2/h6-7H,3-5H2,1-2H3. The molecule has 1 aromatic rings. The molecule has 3 nitrogen and oxygen atoms in total. The van der Waals surface area contributed by atoms with Crippen molar-refractivity contribution in [1.29, 1.82) is 0 Å². The van der Waals surface area contributed by atoms with Crippen LogP contribution >= 0.6 is 0 Å². The van der Waals surface area contributed by atoms with E-state index in [1.165, 1.54) is 13.4 Å². The molecule has 0 fully saturated rings. The highest BCUT2D eigenvalue weighted by Gasteiger charge is 2.09. The van der Waals surface area contributed by atoms with E-state index < -0.39 is 0 Å². The van der Waals surface area contributed by atoms with E-state index in [0.29, 0.717) is 5.56 Å². The summed E-state index contributed by atoms with van der Waals surface area (Å²) in [4.78, 5) is 11.0. The van der Waals surface area contributed by atoms with Gasteiger partial charge in [0.05, 0.1) is 12.7 Å². The van der Waals surface area contributed by atoms with Crippen LogP contribution in [0.1, 0.15) is 35.9 Å². The highest BCUT2D eigenvalue weighted by Crippen LogP contribution is 2.11. The molecule has 0 aliphatic carbocycles. The lowest BCUT2D eigenvalue weighted by molar-refractivity contribution is 0.0600. The molecule has 1 heterocycles. The van der Waals surface area contributed by atoms with E-state index >= 15 is 0 Å². The Morgan fingerprint density at radius 2 is 2.38 bits per heavy atom. The lowest BCUT2D eigenvalue weighted by atomic mass is 10.2. The molecule has 72 valence electrons. The Kier molecular flexibility index (Phi) is 3.55. The number of rotatable bonds is 4. The van der Waals surface area contributed by atoms with Crippen LogP contribution in [0.2, 0.25) is 0 Å². The normalized spacial score (nSPS) is 10.0. The molecule has 0 aliphatic heterocycles. The summed E-state index contributed by atoms with van der Waals surface area (Å²) >= 11 is 0. The minimum absolute atomic E-state index is 0.341. The van der Waals surface area contributed by atoms with Crippen molar-refractivity contribution < 1.29 is 13.9 Å². The van der Waals surface area contributed by atoms with Gasteiger partial charge in [0.2, 0.25) is 0 Å². The Bertz CT molecular complexity index is 275. The molecule has 0 bridgehead atoms. The maximum atomic E-state index is 11.0. The number of hydrogen-bond donors (Lipinski definition) is 0. The second-order valence-electron chi connectivity index (χ2n) is 2.90. The third-order valence-corrected chi connectivity index (χ3v) is 1.85. The van der Waals surface area contributed by atoms with Gasteiger partial charge in [0.1, 0.15) is 12.0 Å². The van der Waals surface area contributed by atoms with Gasteiger partial charge in [-0.2, -0.15) is 0 Å². The average molecular weight is 182 g/mol. The smallest absolute Gasteiger partial charge is 0.341 e. The summed E-state index contributed by atoms with van der Waals surface area (Å²) in [5, 5.41) is 0. The topological polar surface area (TPSA) is 39.4 Å². The van der Waals surface area contributed by atoms with Crippen LogP contribution in [0, 0.1) is 0 Å². The fourth-order valence-corrected chi connectivity index (χ4v) is 1.09. The monoisotopic (exact) mass is 182 g/mol. The summed E-state index contributed by atoms with van der Waals surface area (Å²) < 4.78 is 9.74. The number of aryl methyl sites for hydroxylation is 1. The molecule has 0 N–H and O–H groups in total. The molecular weight excluding hydrogens is 168 g/mol. The van der Waals surface area contributed by atoms with Crippen molar-refractivity contribution in [3.05, 3.63) is 23.7 Å². The lowest BCUT2D eigenvalue weighted by Gasteiger charge is -1.91. The quantitative estimate of drug-likeness (QED) is 0.671. The molecule has 0 saturated heterocycles. The first-order chi connectivity index (χ1) is 6.27.